The van der Waals surface area contributed by atoms with Gasteiger partial charge >= 0.3 is 6.36 Å². The minimum atomic E-state index is -4.83. The topological polar surface area (TPSA) is 67.6 Å². The van der Waals surface area contributed by atoms with E-state index < -0.39 is 17.0 Å². The van der Waals surface area contributed by atoms with Crippen LogP contribution < -0.4 is 10.1 Å². The maximum absolute atomic E-state index is 13.6. The lowest BCUT2D eigenvalue weighted by Crippen LogP contribution is -2.39. The highest BCUT2D eigenvalue weighted by atomic mass is 19.4. The van der Waals surface area contributed by atoms with Crippen molar-refractivity contribution in [2.24, 2.45) is 5.92 Å². The van der Waals surface area contributed by atoms with Crippen LogP contribution in [0.2, 0.25) is 0 Å². The molecule has 6 nitrogen and oxygen atoms in total. The molecule has 1 atom stereocenters. The number of alkyl halides is 3. The van der Waals surface area contributed by atoms with E-state index in [-0.39, 0.29) is 29.3 Å². The molecule has 38 heavy (non-hydrogen) atoms. The van der Waals surface area contributed by atoms with Gasteiger partial charge in [0.25, 0.3) is 6.20 Å². The zero-order chi connectivity index (χ0) is 27.3. The summed E-state index contributed by atoms with van der Waals surface area (Å²) in [5.41, 5.74) is 2.00. The van der Waals surface area contributed by atoms with Crippen molar-refractivity contribution in [2.75, 3.05) is 18.4 Å². The molecule has 0 saturated carbocycles. The molecule has 0 radical (unpaired) electrons. The third-order valence-electron chi connectivity index (χ3n) is 6.32. The molecular formula is C27H24F5N3O3. The van der Waals surface area contributed by atoms with E-state index in [0.29, 0.717) is 25.2 Å². The van der Waals surface area contributed by atoms with Crippen LogP contribution in [-0.2, 0) is 0 Å². The third kappa shape index (κ3) is 7.21. The van der Waals surface area contributed by atoms with Crippen LogP contribution in [0.5, 0.6) is 5.75 Å². The number of nitrogens with one attached hydrogen (secondary N) is 1. The number of rotatable bonds is 8. The van der Waals surface area contributed by atoms with Crippen LogP contribution in [0.25, 0.3) is 0 Å². The maximum Gasteiger partial charge on any atom is 0.573 e. The Bertz CT molecular complexity index is 1220. The van der Waals surface area contributed by atoms with E-state index in [4.69, 9.17) is 0 Å². The molecule has 3 aromatic rings. The van der Waals surface area contributed by atoms with Crippen LogP contribution >= 0.6 is 0 Å². The number of nitrogens with zero attached hydrogens (tertiary/aromatic N) is 2. The summed E-state index contributed by atoms with van der Waals surface area (Å²) >= 11 is 0. The lowest BCUT2D eigenvalue weighted by atomic mass is 9.77. The highest BCUT2D eigenvalue weighted by molar-refractivity contribution is 5.50. The first kappa shape index (κ1) is 26.9. The van der Waals surface area contributed by atoms with Crippen molar-refractivity contribution in [3.8, 4) is 5.75 Å². The largest absolute Gasteiger partial charge is 0.573 e. The highest BCUT2D eigenvalue weighted by Crippen LogP contribution is 2.38. The molecule has 0 amide bonds. The fraction of sp³-hybridized carbons (Fsp3) is 0.259. The van der Waals surface area contributed by atoms with Crippen LogP contribution in [0.1, 0.15) is 29.9 Å². The summed E-state index contributed by atoms with van der Waals surface area (Å²) in [5.74, 6) is -1.30. The van der Waals surface area contributed by atoms with Crippen LogP contribution in [0.4, 0.5) is 27.6 Å². The number of ether oxygens (including phenoxy) is 1. The van der Waals surface area contributed by atoms with E-state index in [0.717, 1.165) is 35.9 Å². The van der Waals surface area contributed by atoms with Gasteiger partial charge in [-0.1, -0.05) is 24.3 Å². The molecule has 11 heteroatoms. The molecule has 0 spiro atoms. The van der Waals surface area contributed by atoms with E-state index in [1.165, 1.54) is 36.4 Å². The number of piperidine rings is 1. The zero-order valence-electron chi connectivity index (χ0n) is 20.0. The summed E-state index contributed by atoms with van der Waals surface area (Å²) < 4.78 is 68.5. The number of nitro groups is 1. The molecule has 1 aliphatic rings. The Morgan fingerprint density at radius 3 is 2.03 bits per heavy atom. The Hall–Kier alpha value is -4.15. The van der Waals surface area contributed by atoms with Crippen LogP contribution in [-0.4, -0.2) is 29.3 Å². The second kappa shape index (κ2) is 11.5. The van der Waals surface area contributed by atoms with E-state index in [1.54, 1.807) is 29.2 Å². The number of likely N-dealkylation sites (tertiary alicyclic amines) is 1. The van der Waals surface area contributed by atoms with Gasteiger partial charge < -0.3 is 15.0 Å². The lowest BCUT2D eigenvalue weighted by Gasteiger charge is -2.39. The van der Waals surface area contributed by atoms with Gasteiger partial charge in [-0.15, -0.1) is 13.2 Å². The van der Waals surface area contributed by atoms with Gasteiger partial charge in [0, 0.05) is 24.7 Å². The molecule has 200 valence electrons. The lowest BCUT2D eigenvalue weighted by molar-refractivity contribution is -0.404. The van der Waals surface area contributed by atoms with Crippen molar-refractivity contribution < 1.29 is 31.6 Å². The standard InChI is InChI=1S/C27H24F5N3O3/c28-21-7-3-18(4-8-21)26(19-5-9-22(29)10-6-19)20-2-1-15-34(16-20)25(17-35(36)37)33-23-11-13-24(14-12-23)38-27(30,31)32/h3-14,17,20,26,33H,1-2,15-16H2/b25-17-. The van der Waals surface area contributed by atoms with Gasteiger partial charge in [0.1, 0.15) is 17.4 Å². The molecule has 0 bridgehead atoms. The van der Waals surface area contributed by atoms with Crippen LogP contribution in [0.15, 0.2) is 84.8 Å². The summed E-state index contributed by atoms with van der Waals surface area (Å²) in [4.78, 5) is 12.6. The SMILES string of the molecule is O=[N+]([O-])/C=C(/Nc1ccc(OC(F)(F)F)cc1)N1CCCC(C(c2ccc(F)cc2)c2ccc(F)cc2)C1. The maximum atomic E-state index is 13.6. The second-order valence-corrected chi connectivity index (χ2v) is 8.93. The quantitative estimate of drug-likeness (QED) is 0.194. The summed E-state index contributed by atoms with van der Waals surface area (Å²) in [7, 11) is 0. The zero-order valence-corrected chi connectivity index (χ0v) is 20.0. The Kier molecular flexibility index (Phi) is 8.13. The molecule has 1 heterocycles. The molecule has 0 aliphatic carbocycles. The highest BCUT2D eigenvalue weighted by Gasteiger charge is 2.32. The second-order valence-electron chi connectivity index (χ2n) is 8.93. The van der Waals surface area contributed by atoms with Gasteiger partial charge in [-0.25, -0.2) is 8.78 Å². The van der Waals surface area contributed by atoms with Crippen molar-refractivity contribution >= 4 is 5.69 Å². The van der Waals surface area contributed by atoms with Crippen LogP contribution in [0, 0.1) is 27.7 Å². The van der Waals surface area contributed by atoms with Gasteiger partial charge in [-0.05, 0) is 78.4 Å². The first-order chi connectivity index (χ1) is 18.1. The van der Waals surface area contributed by atoms with Gasteiger partial charge in [0.2, 0.25) is 0 Å². The summed E-state index contributed by atoms with van der Waals surface area (Å²) in [6, 6.07) is 17.0. The molecule has 1 saturated heterocycles. The first-order valence-corrected chi connectivity index (χ1v) is 11.8. The Labute approximate surface area is 215 Å². The number of hydrogen-bond acceptors (Lipinski definition) is 5. The monoisotopic (exact) mass is 533 g/mol. The fourth-order valence-corrected chi connectivity index (χ4v) is 4.76. The van der Waals surface area contributed by atoms with Crippen molar-refractivity contribution in [1.82, 2.24) is 4.90 Å². The Morgan fingerprint density at radius 2 is 1.53 bits per heavy atom. The Balaban J connectivity index is 1.59. The minimum absolute atomic E-state index is 0.0563. The van der Waals surface area contributed by atoms with E-state index in [1.807, 2.05) is 0 Å². The molecule has 3 aromatic carbocycles. The number of benzene rings is 3. The smallest absolute Gasteiger partial charge is 0.406 e. The Morgan fingerprint density at radius 1 is 0.974 bits per heavy atom. The fourth-order valence-electron chi connectivity index (χ4n) is 4.76. The van der Waals surface area contributed by atoms with E-state index in [2.05, 4.69) is 10.1 Å². The molecule has 1 fully saturated rings. The number of halogens is 5. The molecule has 1 N–H and O–H groups in total. The molecule has 4 rings (SSSR count). The predicted octanol–water partition coefficient (Wildman–Crippen LogP) is 6.90. The van der Waals surface area contributed by atoms with Crippen LogP contribution in [0.3, 0.4) is 0 Å². The third-order valence-corrected chi connectivity index (χ3v) is 6.32. The van der Waals surface area contributed by atoms with E-state index in [9.17, 15) is 32.1 Å². The summed E-state index contributed by atoms with van der Waals surface area (Å²) in [6.07, 6.45) is -2.56. The molecule has 1 aliphatic heterocycles. The average Bonchev–Trinajstić information content (AvgIpc) is 2.86. The predicted molar refractivity (Wildman–Crippen MR) is 131 cm³/mol. The summed E-state index contributed by atoms with van der Waals surface area (Å²) in [5, 5.41) is 14.4. The molecular weight excluding hydrogens is 509 g/mol. The van der Waals surface area contributed by atoms with Gasteiger partial charge in [0.05, 0.1) is 4.92 Å². The first-order valence-electron chi connectivity index (χ1n) is 11.8. The van der Waals surface area contributed by atoms with Crippen molar-refractivity contribution in [2.45, 2.75) is 25.1 Å². The number of hydrogen-bond donors (Lipinski definition) is 1. The van der Waals surface area contributed by atoms with Crippen molar-refractivity contribution in [1.29, 1.82) is 0 Å². The van der Waals surface area contributed by atoms with Gasteiger partial charge in [-0.2, -0.15) is 0 Å². The van der Waals surface area contributed by atoms with Gasteiger partial charge in [0.15, 0.2) is 5.82 Å². The van der Waals surface area contributed by atoms with E-state index >= 15 is 0 Å². The molecule has 0 aromatic heterocycles. The average molecular weight is 533 g/mol. The van der Waals surface area contributed by atoms with Crippen molar-refractivity contribution in [3.05, 3.63) is 118 Å². The molecule has 1 unspecified atom stereocenters. The normalized spacial score (nSPS) is 16.4. The van der Waals surface area contributed by atoms with Gasteiger partial charge in [-0.3, -0.25) is 10.1 Å². The number of anilines is 1. The minimum Gasteiger partial charge on any atom is -0.406 e. The van der Waals surface area contributed by atoms with Crippen molar-refractivity contribution in [3.63, 3.8) is 0 Å². The summed E-state index contributed by atoms with van der Waals surface area (Å²) in [6.45, 7) is 0.888.